The van der Waals surface area contributed by atoms with Crippen molar-refractivity contribution in [2.45, 2.75) is 81.8 Å². The molecule has 0 saturated heterocycles. The predicted octanol–water partition coefficient (Wildman–Crippen LogP) is 4.03. The minimum atomic E-state index is -4.09. The second kappa shape index (κ2) is 10.3. The molecule has 3 unspecified atom stereocenters. The Kier molecular flexibility index (Phi) is 8.09. The van der Waals surface area contributed by atoms with Gasteiger partial charge in [0.15, 0.2) is 14.2 Å². The minimum Gasteiger partial charge on any atom is -0.468 e. The van der Waals surface area contributed by atoms with E-state index in [9.17, 15) is 23.3 Å². The monoisotopic (exact) mass is 552 g/mol. The molecule has 0 radical (unpaired) electrons. The molecule has 0 N–H and O–H groups in total. The predicted molar refractivity (Wildman–Crippen MR) is 140 cm³/mol. The number of benzene rings is 1. The molecule has 1 aromatic carbocycles. The molecule has 3 rings (SSSR count). The van der Waals surface area contributed by atoms with Gasteiger partial charge in [-0.25, -0.2) is 12.4 Å². The summed E-state index contributed by atoms with van der Waals surface area (Å²) in [5.74, 6) is -2.19. The Labute approximate surface area is 219 Å². The van der Waals surface area contributed by atoms with Gasteiger partial charge in [0.25, 0.3) is 16.1 Å². The molecular formula is C25H36N2O8SSi. The fourth-order valence-corrected chi connectivity index (χ4v) is 6.75. The highest BCUT2D eigenvalue weighted by molar-refractivity contribution is 7.90. The number of rotatable bonds is 8. The highest BCUT2D eigenvalue weighted by atomic mass is 32.2. The third kappa shape index (κ3) is 5.38. The van der Waals surface area contributed by atoms with Gasteiger partial charge in [0, 0.05) is 35.9 Å². The van der Waals surface area contributed by atoms with E-state index in [0.717, 1.165) is 16.6 Å². The van der Waals surface area contributed by atoms with E-state index in [1.807, 2.05) is 6.92 Å². The zero-order valence-corrected chi connectivity index (χ0v) is 24.4. The van der Waals surface area contributed by atoms with Crippen LogP contribution in [0.2, 0.25) is 18.1 Å². The summed E-state index contributed by atoms with van der Waals surface area (Å²) in [7, 11) is -3.92. The normalized spacial score (nSPS) is 20.4. The molecule has 3 atom stereocenters. The number of carbonyl (C=O) groups is 1. The Balaban J connectivity index is 2.28. The maximum atomic E-state index is 13.8. The molecular weight excluding hydrogens is 516 g/mol. The maximum absolute atomic E-state index is 13.8. The van der Waals surface area contributed by atoms with Gasteiger partial charge in [-0.3, -0.25) is 14.9 Å². The molecule has 10 nitrogen and oxygen atoms in total. The molecule has 0 amide bonds. The van der Waals surface area contributed by atoms with Crippen molar-refractivity contribution in [1.82, 2.24) is 3.97 Å². The molecule has 37 heavy (non-hydrogen) atoms. The quantitative estimate of drug-likeness (QED) is 0.208. The molecule has 0 bridgehead atoms. The van der Waals surface area contributed by atoms with E-state index in [1.54, 1.807) is 12.1 Å². The summed E-state index contributed by atoms with van der Waals surface area (Å²) in [5.41, 5.74) is 1.83. The second-order valence-electron chi connectivity index (χ2n) is 10.9. The summed E-state index contributed by atoms with van der Waals surface area (Å²) in [4.78, 5) is 24.7. The van der Waals surface area contributed by atoms with Crippen LogP contribution in [0, 0.1) is 17.0 Å². The molecule has 0 spiro atoms. The topological polar surface area (TPSA) is 127 Å². The molecule has 1 aromatic heterocycles. The summed E-state index contributed by atoms with van der Waals surface area (Å²) < 4.78 is 45.5. The van der Waals surface area contributed by atoms with E-state index in [0.29, 0.717) is 5.56 Å². The number of hydrogen-bond acceptors (Lipinski definition) is 8. The van der Waals surface area contributed by atoms with Crippen molar-refractivity contribution in [3.8, 4) is 0 Å². The number of fused-ring (bicyclic) bond motifs is 1. The molecule has 2 aromatic rings. The fourth-order valence-electron chi connectivity index (χ4n) is 4.36. The van der Waals surface area contributed by atoms with E-state index >= 15 is 0 Å². The lowest BCUT2D eigenvalue weighted by Crippen LogP contribution is -2.48. The number of esters is 1. The van der Waals surface area contributed by atoms with Crippen LogP contribution in [0.15, 0.2) is 35.4 Å². The first-order chi connectivity index (χ1) is 17.1. The van der Waals surface area contributed by atoms with E-state index in [1.165, 1.54) is 25.4 Å². The number of hydrogen-bond donors (Lipinski definition) is 0. The fraction of sp³-hybridized carbons (Fsp3) is 0.560. The molecule has 0 aliphatic heterocycles. The zero-order valence-electron chi connectivity index (χ0n) is 22.6. The van der Waals surface area contributed by atoms with Gasteiger partial charge in [0.05, 0.1) is 18.6 Å². The first kappa shape index (κ1) is 29.0. The number of methoxy groups -OCH3 is 2. The molecule has 0 saturated carbocycles. The Bertz CT molecular complexity index is 1280. The van der Waals surface area contributed by atoms with Crippen LogP contribution in [-0.2, 0) is 41.7 Å². The second-order valence-corrected chi connectivity index (χ2v) is 17.6. The van der Waals surface area contributed by atoms with Crippen LogP contribution >= 0.6 is 0 Å². The standard InChI is InChI=1S/C25H36N2O8SSi/c1-16-9-11-18(12-10-16)36(31,32)26-14-17(15-35-37(7,8)25(2,3)4)21-19(26)13-20(33-5)23(27(29)30)22(21)24(28)34-6/h9-12,14,20,22-23H,13,15H2,1-8H3. The maximum Gasteiger partial charge on any atom is 0.320 e. The third-order valence-electron chi connectivity index (χ3n) is 7.60. The van der Waals surface area contributed by atoms with Crippen LogP contribution in [0.4, 0.5) is 0 Å². The molecule has 204 valence electrons. The average molecular weight is 553 g/mol. The zero-order chi connectivity index (χ0) is 27.9. The Morgan fingerprint density at radius 2 is 1.78 bits per heavy atom. The van der Waals surface area contributed by atoms with Crippen LogP contribution in [0.1, 0.15) is 49.1 Å². The van der Waals surface area contributed by atoms with Crippen LogP contribution < -0.4 is 0 Å². The Hall–Kier alpha value is -2.54. The van der Waals surface area contributed by atoms with Crippen LogP contribution in [0.3, 0.4) is 0 Å². The average Bonchev–Trinajstić information content (AvgIpc) is 3.19. The van der Waals surface area contributed by atoms with E-state index in [4.69, 9.17) is 13.9 Å². The van der Waals surface area contributed by atoms with Gasteiger partial charge >= 0.3 is 5.97 Å². The van der Waals surface area contributed by atoms with Crippen LogP contribution in [-0.4, -0.2) is 58.0 Å². The summed E-state index contributed by atoms with van der Waals surface area (Å²) in [5, 5.41) is 12.0. The van der Waals surface area contributed by atoms with Gasteiger partial charge in [-0.15, -0.1) is 0 Å². The first-order valence-corrected chi connectivity index (χ1v) is 16.3. The summed E-state index contributed by atoms with van der Waals surface area (Å²) in [6.07, 6.45) is 0.316. The molecule has 1 aliphatic rings. The number of aryl methyl sites for hydroxylation is 1. The van der Waals surface area contributed by atoms with Crippen molar-refractivity contribution < 1.29 is 32.0 Å². The van der Waals surface area contributed by atoms with Gasteiger partial charge in [-0.05, 0) is 42.8 Å². The van der Waals surface area contributed by atoms with Gasteiger partial charge < -0.3 is 13.9 Å². The van der Waals surface area contributed by atoms with Gasteiger partial charge in [-0.2, -0.15) is 0 Å². The largest absolute Gasteiger partial charge is 0.468 e. The third-order valence-corrected chi connectivity index (χ3v) is 13.8. The van der Waals surface area contributed by atoms with E-state index < -0.39 is 47.3 Å². The van der Waals surface area contributed by atoms with Gasteiger partial charge in [0.2, 0.25) is 0 Å². The molecule has 0 fully saturated rings. The lowest BCUT2D eigenvalue weighted by Gasteiger charge is -2.36. The number of carbonyl (C=O) groups excluding carboxylic acids is 1. The summed E-state index contributed by atoms with van der Waals surface area (Å²) in [6.45, 7) is 12.2. The minimum absolute atomic E-state index is 0.00478. The number of ether oxygens (including phenoxy) is 2. The Morgan fingerprint density at radius 3 is 2.27 bits per heavy atom. The molecule has 12 heteroatoms. The lowest BCUT2D eigenvalue weighted by atomic mass is 9.79. The van der Waals surface area contributed by atoms with Crippen molar-refractivity contribution in [3.05, 3.63) is 63.0 Å². The summed E-state index contributed by atoms with van der Waals surface area (Å²) in [6, 6.07) is 4.97. The van der Waals surface area contributed by atoms with Crippen molar-refractivity contribution in [1.29, 1.82) is 0 Å². The van der Waals surface area contributed by atoms with Crippen molar-refractivity contribution in [3.63, 3.8) is 0 Å². The smallest absolute Gasteiger partial charge is 0.320 e. The van der Waals surface area contributed by atoms with Gasteiger partial charge in [0.1, 0.15) is 6.10 Å². The van der Waals surface area contributed by atoms with Gasteiger partial charge in [-0.1, -0.05) is 38.5 Å². The van der Waals surface area contributed by atoms with E-state index in [2.05, 4.69) is 33.9 Å². The van der Waals surface area contributed by atoms with Crippen molar-refractivity contribution >= 4 is 24.3 Å². The highest BCUT2D eigenvalue weighted by Gasteiger charge is 2.53. The number of nitrogens with zero attached hydrogens (tertiary/aromatic N) is 2. The van der Waals surface area contributed by atoms with Crippen molar-refractivity contribution in [2.24, 2.45) is 0 Å². The highest BCUT2D eigenvalue weighted by Crippen LogP contribution is 2.42. The van der Waals surface area contributed by atoms with Crippen molar-refractivity contribution in [2.75, 3.05) is 14.2 Å². The van der Waals surface area contributed by atoms with E-state index in [-0.39, 0.29) is 34.2 Å². The number of aromatic nitrogens is 1. The lowest BCUT2D eigenvalue weighted by molar-refractivity contribution is -0.538. The summed E-state index contributed by atoms with van der Waals surface area (Å²) >= 11 is 0. The Morgan fingerprint density at radius 1 is 1.19 bits per heavy atom. The first-order valence-electron chi connectivity index (χ1n) is 12.0. The molecule has 1 aliphatic carbocycles. The van der Waals surface area contributed by atoms with Crippen LogP contribution in [0.5, 0.6) is 0 Å². The molecule has 1 heterocycles. The SMILES string of the molecule is COC(=O)C1c2c(CO[Si](C)(C)C(C)(C)C)cn(S(=O)(=O)c3ccc(C)cc3)c2CC(OC)C1[N+](=O)[O-]. The van der Waals surface area contributed by atoms with Crippen LogP contribution in [0.25, 0.3) is 0 Å². The number of nitro groups is 1.